The van der Waals surface area contributed by atoms with E-state index in [9.17, 15) is 9.59 Å². The monoisotopic (exact) mass is 376 g/mol. The number of carbonyl (C=O) groups excluding carboxylic acids is 2. The van der Waals surface area contributed by atoms with Gasteiger partial charge in [0.1, 0.15) is 6.04 Å². The summed E-state index contributed by atoms with van der Waals surface area (Å²) < 4.78 is 0. The van der Waals surface area contributed by atoms with E-state index >= 15 is 0 Å². The standard InChI is InChI=1S/C19H24N2O2S2/c1-14(2)17(21-18(22)16-9-6-11-25-16)19(23)20-10-12-24-13-15-7-4-3-5-8-15/h3-9,11,14,17H,10,12-13H2,1-2H3,(H,20,23)(H,21,22). The lowest BCUT2D eigenvalue weighted by Gasteiger charge is -2.21. The van der Waals surface area contributed by atoms with Gasteiger partial charge in [0.05, 0.1) is 4.88 Å². The van der Waals surface area contributed by atoms with Crippen LogP contribution in [0.4, 0.5) is 0 Å². The van der Waals surface area contributed by atoms with Gasteiger partial charge >= 0.3 is 0 Å². The number of hydrogen-bond donors (Lipinski definition) is 2. The van der Waals surface area contributed by atoms with Crippen molar-refractivity contribution in [2.75, 3.05) is 12.3 Å². The van der Waals surface area contributed by atoms with Gasteiger partial charge in [-0.15, -0.1) is 11.3 Å². The quantitative estimate of drug-likeness (QED) is 0.658. The molecule has 4 nitrogen and oxygen atoms in total. The van der Waals surface area contributed by atoms with Gasteiger partial charge in [0.2, 0.25) is 5.91 Å². The first-order valence-electron chi connectivity index (χ1n) is 8.31. The molecule has 0 fully saturated rings. The number of thiophene rings is 1. The number of nitrogens with one attached hydrogen (secondary N) is 2. The molecule has 0 aliphatic rings. The smallest absolute Gasteiger partial charge is 0.262 e. The minimum atomic E-state index is -0.520. The van der Waals surface area contributed by atoms with Crippen molar-refractivity contribution < 1.29 is 9.59 Å². The van der Waals surface area contributed by atoms with Crippen molar-refractivity contribution in [2.24, 2.45) is 5.92 Å². The molecule has 1 atom stereocenters. The molecule has 6 heteroatoms. The van der Waals surface area contributed by atoms with Crippen molar-refractivity contribution in [3.63, 3.8) is 0 Å². The summed E-state index contributed by atoms with van der Waals surface area (Å²) in [4.78, 5) is 25.2. The first-order valence-corrected chi connectivity index (χ1v) is 10.3. The number of benzene rings is 1. The highest BCUT2D eigenvalue weighted by atomic mass is 32.2. The van der Waals surface area contributed by atoms with Gasteiger partial charge in [-0.05, 0) is 22.9 Å². The summed E-state index contributed by atoms with van der Waals surface area (Å²) in [6, 6.07) is 13.3. The van der Waals surface area contributed by atoms with Crippen LogP contribution in [0, 0.1) is 5.92 Å². The Bertz CT molecular complexity index is 657. The maximum absolute atomic E-state index is 12.4. The van der Waals surface area contributed by atoms with Gasteiger partial charge in [-0.25, -0.2) is 0 Å². The fraction of sp³-hybridized carbons (Fsp3) is 0.368. The van der Waals surface area contributed by atoms with E-state index in [1.165, 1.54) is 16.9 Å². The fourth-order valence-electron chi connectivity index (χ4n) is 2.28. The molecule has 0 saturated carbocycles. The number of amides is 2. The summed E-state index contributed by atoms with van der Waals surface area (Å²) in [5, 5.41) is 7.62. The van der Waals surface area contributed by atoms with E-state index < -0.39 is 6.04 Å². The third-order valence-electron chi connectivity index (χ3n) is 3.64. The molecule has 25 heavy (non-hydrogen) atoms. The van der Waals surface area contributed by atoms with Crippen LogP contribution < -0.4 is 10.6 Å². The highest BCUT2D eigenvalue weighted by Crippen LogP contribution is 2.12. The number of hydrogen-bond acceptors (Lipinski definition) is 4. The molecule has 0 aliphatic heterocycles. The third kappa shape index (κ3) is 6.55. The molecule has 0 saturated heterocycles. The Labute approximate surface area is 157 Å². The summed E-state index contributed by atoms with van der Waals surface area (Å²) in [5.41, 5.74) is 1.28. The highest BCUT2D eigenvalue weighted by Gasteiger charge is 2.24. The number of thioether (sulfide) groups is 1. The van der Waals surface area contributed by atoms with E-state index in [4.69, 9.17) is 0 Å². The maximum Gasteiger partial charge on any atom is 0.262 e. The molecular weight excluding hydrogens is 352 g/mol. The molecular formula is C19H24N2O2S2. The molecule has 0 spiro atoms. The van der Waals surface area contributed by atoms with Gasteiger partial charge in [-0.1, -0.05) is 50.2 Å². The van der Waals surface area contributed by atoms with E-state index in [0.717, 1.165) is 11.5 Å². The van der Waals surface area contributed by atoms with Gasteiger partial charge in [0.25, 0.3) is 5.91 Å². The van der Waals surface area contributed by atoms with Crippen LogP contribution in [-0.4, -0.2) is 30.2 Å². The summed E-state index contributed by atoms with van der Waals surface area (Å²) in [6.07, 6.45) is 0. The second-order valence-electron chi connectivity index (χ2n) is 6.00. The van der Waals surface area contributed by atoms with Crippen LogP contribution in [0.25, 0.3) is 0 Å². The van der Waals surface area contributed by atoms with Crippen molar-refractivity contribution in [3.05, 3.63) is 58.3 Å². The van der Waals surface area contributed by atoms with Gasteiger partial charge in [0.15, 0.2) is 0 Å². The molecule has 0 bridgehead atoms. The van der Waals surface area contributed by atoms with Crippen molar-refractivity contribution in [1.29, 1.82) is 0 Å². The van der Waals surface area contributed by atoms with Gasteiger partial charge in [-0.2, -0.15) is 11.8 Å². The largest absolute Gasteiger partial charge is 0.353 e. The minimum absolute atomic E-state index is 0.0286. The molecule has 2 amide bonds. The zero-order chi connectivity index (χ0) is 18.1. The predicted molar refractivity (Wildman–Crippen MR) is 106 cm³/mol. The Balaban J connectivity index is 1.73. The fourth-order valence-corrected chi connectivity index (χ4v) is 3.72. The Morgan fingerprint density at radius 2 is 1.88 bits per heavy atom. The minimum Gasteiger partial charge on any atom is -0.353 e. The van der Waals surface area contributed by atoms with Gasteiger partial charge < -0.3 is 10.6 Å². The average molecular weight is 377 g/mol. The van der Waals surface area contributed by atoms with Crippen molar-refractivity contribution >= 4 is 34.9 Å². The van der Waals surface area contributed by atoms with Crippen LogP contribution in [0.15, 0.2) is 47.8 Å². The van der Waals surface area contributed by atoms with Crippen molar-refractivity contribution in [1.82, 2.24) is 10.6 Å². The Hall–Kier alpha value is -1.79. The Kier molecular flexibility index (Phi) is 8.01. The van der Waals surface area contributed by atoms with E-state index in [2.05, 4.69) is 22.8 Å². The Morgan fingerprint density at radius 1 is 1.12 bits per heavy atom. The zero-order valence-corrected chi connectivity index (χ0v) is 16.2. The number of rotatable bonds is 9. The lowest BCUT2D eigenvalue weighted by Crippen LogP contribution is -2.50. The summed E-state index contributed by atoms with van der Waals surface area (Å²) in [6.45, 7) is 4.46. The average Bonchev–Trinajstić information content (AvgIpc) is 3.14. The molecule has 1 unspecified atom stereocenters. The molecule has 2 aromatic rings. The van der Waals surface area contributed by atoms with Crippen LogP contribution in [0.5, 0.6) is 0 Å². The first-order chi connectivity index (χ1) is 12.1. The molecule has 2 rings (SSSR count). The topological polar surface area (TPSA) is 58.2 Å². The zero-order valence-electron chi connectivity index (χ0n) is 14.5. The van der Waals surface area contributed by atoms with E-state index in [1.807, 2.05) is 43.5 Å². The summed E-state index contributed by atoms with van der Waals surface area (Å²) in [7, 11) is 0. The number of carbonyl (C=O) groups is 2. The van der Waals surface area contributed by atoms with Crippen molar-refractivity contribution in [3.8, 4) is 0 Å². The maximum atomic E-state index is 12.4. The molecule has 2 N–H and O–H groups in total. The lowest BCUT2D eigenvalue weighted by molar-refractivity contribution is -0.123. The lowest BCUT2D eigenvalue weighted by atomic mass is 10.0. The molecule has 1 aromatic heterocycles. The van der Waals surface area contributed by atoms with Crippen molar-refractivity contribution in [2.45, 2.75) is 25.6 Å². The second kappa shape index (κ2) is 10.3. The summed E-state index contributed by atoms with van der Waals surface area (Å²) in [5.74, 6) is 1.48. The predicted octanol–water partition coefficient (Wildman–Crippen LogP) is 3.55. The highest BCUT2D eigenvalue weighted by molar-refractivity contribution is 7.98. The van der Waals surface area contributed by atoms with Gasteiger partial charge in [0, 0.05) is 18.1 Å². The SMILES string of the molecule is CC(C)C(NC(=O)c1cccs1)C(=O)NCCSCc1ccccc1. The first kappa shape index (κ1) is 19.5. The van der Waals surface area contributed by atoms with Crippen LogP contribution >= 0.6 is 23.1 Å². The van der Waals surface area contributed by atoms with E-state index in [-0.39, 0.29) is 17.7 Å². The molecule has 1 aromatic carbocycles. The second-order valence-corrected chi connectivity index (χ2v) is 8.05. The van der Waals surface area contributed by atoms with E-state index in [0.29, 0.717) is 11.4 Å². The molecule has 1 heterocycles. The van der Waals surface area contributed by atoms with Gasteiger partial charge in [-0.3, -0.25) is 9.59 Å². The van der Waals surface area contributed by atoms with E-state index in [1.54, 1.807) is 17.8 Å². The third-order valence-corrected chi connectivity index (χ3v) is 5.54. The van der Waals surface area contributed by atoms with Crippen LogP contribution in [0.1, 0.15) is 29.1 Å². The van der Waals surface area contributed by atoms with Crippen LogP contribution in [0.2, 0.25) is 0 Å². The summed E-state index contributed by atoms with van der Waals surface area (Å²) >= 11 is 3.15. The molecule has 134 valence electrons. The normalized spacial score (nSPS) is 12.0. The molecule has 0 radical (unpaired) electrons. The Morgan fingerprint density at radius 3 is 2.52 bits per heavy atom. The van der Waals surface area contributed by atoms with Crippen LogP contribution in [-0.2, 0) is 10.5 Å². The van der Waals surface area contributed by atoms with Crippen LogP contribution in [0.3, 0.4) is 0 Å². The molecule has 0 aliphatic carbocycles.